The van der Waals surface area contributed by atoms with Crippen LogP contribution in [0.3, 0.4) is 0 Å². The zero-order chi connectivity index (χ0) is 27.7. The van der Waals surface area contributed by atoms with Gasteiger partial charge in [0.15, 0.2) is 5.82 Å². The van der Waals surface area contributed by atoms with Gasteiger partial charge in [0.25, 0.3) is 5.91 Å². The lowest BCUT2D eigenvalue weighted by molar-refractivity contribution is -0.137. The topological polar surface area (TPSA) is 112 Å². The fraction of sp³-hybridized carbons (Fsp3) is 0.0385. The average Bonchev–Trinajstić information content (AvgIpc) is 3.45. The maximum absolute atomic E-state index is 15.4. The highest BCUT2D eigenvalue weighted by atomic mass is 35.5. The predicted octanol–water partition coefficient (Wildman–Crippen LogP) is 6.04. The molecular formula is C26H16ClF4N7O. The van der Waals surface area contributed by atoms with Crippen LogP contribution < -0.4 is 11.1 Å². The van der Waals surface area contributed by atoms with Gasteiger partial charge in [-0.3, -0.25) is 9.78 Å². The van der Waals surface area contributed by atoms with Gasteiger partial charge in [-0.2, -0.15) is 23.4 Å². The molecule has 3 aromatic heterocycles. The van der Waals surface area contributed by atoms with Crippen LogP contribution >= 0.6 is 11.6 Å². The summed E-state index contributed by atoms with van der Waals surface area (Å²) >= 11 is 6.36. The largest absolute Gasteiger partial charge is 0.420 e. The van der Waals surface area contributed by atoms with Crippen molar-refractivity contribution in [3.05, 3.63) is 101 Å². The summed E-state index contributed by atoms with van der Waals surface area (Å²) in [6.07, 6.45) is 1.45. The first-order chi connectivity index (χ1) is 18.6. The number of carbonyl (C=O) groups is 1. The predicted molar refractivity (Wildman–Crippen MR) is 137 cm³/mol. The third-order valence-electron chi connectivity index (χ3n) is 5.67. The normalized spacial score (nSPS) is 11.4. The number of amides is 1. The number of nitrogen functional groups attached to an aromatic ring is 1. The number of benzene rings is 2. The number of nitrogens with one attached hydrogen (secondary N) is 1. The van der Waals surface area contributed by atoms with Crippen molar-refractivity contribution in [1.82, 2.24) is 25.0 Å². The number of aromatic nitrogens is 5. The Kier molecular flexibility index (Phi) is 6.71. The fourth-order valence-electron chi connectivity index (χ4n) is 3.94. The molecule has 39 heavy (non-hydrogen) atoms. The Balaban J connectivity index is 1.50. The van der Waals surface area contributed by atoms with E-state index >= 15 is 4.39 Å². The molecule has 3 N–H and O–H groups in total. The number of hydrogen-bond acceptors (Lipinski definition) is 6. The Morgan fingerprint density at radius 2 is 1.69 bits per heavy atom. The molecule has 8 nitrogen and oxygen atoms in total. The smallest absolute Gasteiger partial charge is 0.397 e. The van der Waals surface area contributed by atoms with E-state index in [4.69, 9.17) is 17.3 Å². The van der Waals surface area contributed by atoms with E-state index in [0.29, 0.717) is 22.0 Å². The summed E-state index contributed by atoms with van der Waals surface area (Å²) in [6, 6.07) is 11.8. The Morgan fingerprint density at radius 1 is 0.974 bits per heavy atom. The second-order valence-electron chi connectivity index (χ2n) is 8.19. The van der Waals surface area contributed by atoms with Crippen LogP contribution in [0.1, 0.15) is 15.9 Å². The van der Waals surface area contributed by atoms with Crippen molar-refractivity contribution in [3.8, 4) is 28.1 Å². The fourth-order valence-corrected chi connectivity index (χ4v) is 4.19. The highest BCUT2D eigenvalue weighted by molar-refractivity contribution is 6.34. The van der Waals surface area contributed by atoms with E-state index in [2.05, 4.69) is 25.5 Å². The van der Waals surface area contributed by atoms with Crippen LogP contribution in [0.5, 0.6) is 0 Å². The Bertz CT molecular complexity index is 1680. The van der Waals surface area contributed by atoms with Crippen molar-refractivity contribution in [1.29, 1.82) is 0 Å². The highest BCUT2D eigenvalue weighted by Crippen LogP contribution is 2.39. The van der Waals surface area contributed by atoms with Gasteiger partial charge in [-0.15, -0.1) is 4.80 Å². The number of alkyl halides is 3. The van der Waals surface area contributed by atoms with Crippen molar-refractivity contribution in [2.75, 3.05) is 11.1 Å². The van der Waals surface area contributed by atoms with Crippen LogP contribution in [0, 0.1) is 5.82 Å². The third kappa shape index (κ3) is 5.14. The molecule has 1 amide bonds. The van der Waals surface area contributed by atoms with Crippen molar-refractivity contribution in [2.24, 2.45) is 0 Å². The number of anilines is 2. The van der Waals surface area contributed by atoms with Gasteiger partial charge in [0.05, 0.1) is 46.7 Å². The van der Waals surface area contributed by atoms with Gasteiger partial charge in [0.2, 0.25) is 0 Å². The van der Waals surface area contributed by atoms with Gasteiger partial charge in [0.1, 0.15) is 11.4 Å². The van der Waals surface area contributed by atoms with Crippen molar-refractivity contribution in [2.45, 2.75) is 6.18 Å². The first kappa shape index (κ1) is 25.8. The number of halogens is 5. The van der Waals surface area contributed by atoms with E-state index in [9.17, 15) is 18.0 Å². The van der Waals surface area contributed by atoms with Crippen molar-refractivity contribution < 1.29 is 22.4 Å². The molecular weight excluding hydrogens is 538 g/mol. The van der Waals surface area contributed by atoms with Gasteiger partial charge in [0, 0.05) is 22.9 Å². The molecule has 13 heteroatoms. The SMILES string of the molecule is Nc1cncc(-c2ccccc2)c1-c1cc(Cl)c(C(=O)Nc2cnc(-n3nccn3)c(C(F)(F)F)c2)cc1F. The first-order valence-corrected chi connectivity index (χ1v) is 11.5. The summed E-state index contributed by atoms with van der Waals surface area (Å²) in [5, 5.41) is 9.47. The molecule has 2 aromatic carbocycles. The Morgan fingerprint density at radius 3 is 2.38 bits per heavy atom. The molecule has 196 valence electrons. The summed E-state index contributed by atoms with van der Waals surface area (Å²) < 4.78 is 56.5. The second kappa shape index (κ2) is 10.1. The molecule has 3 heterocycles. The monoisotopic (exact) mass is 553 g/mol. The molecule has 0 fully saturated rings. The van der Waals surface area contributed by atoms with Gasteiger partial charge in [-0.05, 0) is 23.8 Å². The van der Waals surface area contributed by atoms with Gasteiger partial charge >= 0.3 is 6.18 Å². The molecule has 5 rings (SSSR count). The Labute approximate surface area is 223 Å². The molecule has 0 saturated carbocycles. The molecule has 0 saturated heterocycles. The molecule has 0 atom stereocenters. The third-order valence-corrected chi connectivity index (χ3v) is 5.98. The minimum absolute atomic E-state index is 0.0207. The second-order valence-corrected chi connectivity index (χ2v) is 8.60. The molecule has 0 aliphatic heterocycles. The maximum Gasteiger partial charge on any atom is 0.420 e. The quantitative estimate of drug-likeness (QED) is 0.257. The van der Waals surface area contributed by atoms with Crippen LogP contribution in [0.15, 0.2) is 79.5 Å². The highest BCUT2D eigenvalue weighted by Gasteiger charge is 2.36. The summed E-state index contributed by atoms with van der Waals surface area (Å²) in [4.78, 5) is 21.5. The minimum Gasteiger partial charge on any atom is -0.397 e. The number of nitrogens with two attached hydrogens (primary N) is 1. The number of hydrogen-bond donors (Lipinski definition) is 2. The lowest BCUT2D eigenvalue weighted by Gasteiger charge is -2.16. The van der Waals surface area contributed by atoms with Crippen LogP contribution in [0.4, 0.5) is 28.9 Å². The zero-order valence-corrected chi connectivity index (χ0v) is 20.4. The molecule has 0 radical (unpaired) electrons. The van der Waals surface area contributed by atoms with Crippen LogP contribution in [-0.4, -0.2) is 30.9 Å². The van der Waals surface area contributed by atoms with Gasteiger partial charge < -0.3 is 11.1 Å². The molecule has 0 unspecified atom stereocenters. The number of nitrogens with zero attached hydrogens (tertiary/aromatic N) is 5. The Hall–Kier alpha value is -4.84. The lowest BCUT2D eigenvalue weighted by Crippen LogP contribution is -2.17. The number of pyridine rings is 2. The maximum atomic E-state index is 15.4. The zero-order valence-electron chi connectivity index (χ0n) is 19.6. The van der Waals surface area contributed by atoms with Crippen LogP contribution in [0.2, 0.25) is 5.02 Å². The minimum atomic E-state index is -4.83. The van der Waals surface area contributed by atoms with Gasteiger partial charge in [-0.25, -0.2) is 9.37 Å². The lowest BCUT2D eigenvalue weighted by atomic mass is 9.94. The van der Waals surface area contributed by atoms with Crippen LogP contribution in [-0.2, 0) is 6.18 Å². The van der Waals surface area contributed by atoms with Crippen LogP contribution in [0.25, 0.3) is 28.1 Å². The van der Waals surface area contributed by atoms with E-state index in [0.717, 1.165) is 17.8 Å². The molecule has 0 spiro atoms. The van der Waals surface area contributed by atoms with E-state index < -0.39 is 29.3 Å². The number of carbonyl (C=O) groups excluding carboxylic acids is 1. The summed E-state index contributed by atoms with van der Waals surface area (Å²) in [7, 11) is 0. The van der Waals surface area contributed by atoms with E-state index in [1.165, 1.54) is 30.9 Å². The van der Waals surface area contributed by atoms with Gasteiger partial charge in [-0.1, -0.05) is 41.9 Å². The summed E-state index contributed by atoms with van der Waals surface area (Å²) in [5.41, 5.74) is 6.15. The summed E-state index contributed by atoms with van der Waals surface area (Å²) in [6.45, 7) is 0. The molecule has 5 aromatic rings. The van der Waals surface area contributed by atoms with E-state index in [-0.39, 0.29) is 27.5 Å². The standard InChI is InChI=1S/C26H16ClF4N7O/c27-20-9-17(23-18(12-33-13-22(23)32)14-4-2-1-3-5-14)21(28)10-16(20)25(39)37-15-8-19(26(29,30)31)24(34-11-15)38-35-6-7-36-38/h1-13H,32H2,(H,37,39). The molecule has 0 aliphatic carbocycles. The first-order valence-electron chi connectivity index (χ1n) is 11.2. The van der Waals surface area contributed by atoms with E-state index in [1.807, 2.05) is 6.07 Å². The van der Waals surface area contributed by atoms with Crippen molar-refractivity contribution in [3.63, 3.8) is 0 Å². The molecule has 0 bridgehead atoms. The van der Waals surface area contributed by atoms with Crippen molar-refractivity contribution >= 4 is 28.9 Å². The van der Waals surface area contributed by atoms with E-state index in [1.54, 1.807) is 24.3 Å². The number of rotatable bonds is 5. The summed E-state index contributed by atoms with van der Waals surface area (Å²) in [5.74, 6) is -2.35. The molecule has 0 aliphatic rings. The average molecular weight is 554 g/mol.